The van der Waals surface area contributed by atoms with E-state index in [9.17, 15) is 4.79 Å². The van der Waals surface area contributed by atoms with Crippen molar-refractivity contribution < 1.29 is 9.53 Å². The third kappa shape index (κ3) is 2.14. The van der Waals surface area contributed by atoms with Crippen LogP contribution in [0.4, 0.5) is 0 Å². The van der Waals surface area contributed by atoms with Crippen LogP contribution in [0.25, 0.3) is 11.1 Å². The number of benzene rings is 2. The molecule has 0 aliphatic carbocycles. The van der Waals surface area contributed by atoms with Crippen LogP contribution in [0, 0.1) is 0 Å². The number of ether oxygens (including phenoxy) is 1. The number of carbonyl (C=O) groups excluding carboxylic acids is 1. The lowest BCUT2D eigenvalue weighted by molar-refractivity contribution is -0.142. The van der Waals surface area contributed by atoms with Gasteiger partial charge in [0.1, 0.15) is 6.04 Å². The van der Waals surface area contributed by atoms with E-state index < -0.39 is 0 Å². The summed E-state index contributed by atoms with van der Waals surface area (Å²) in [4.78, 5) is 14.2. The molecule has 3 heteroatoms. The maximum absolute atomic E-state index is 11.9. The minimum Gasteiger partial charge on any atom is -0.464 e. The molecule has 21 heavy (non-hydrogen) atoms. The van der Waals surface area contributed by atoms with Gasteiger partial charge >= 0.3 is 5.97 Å². The number of hydrogen-bond donors (Lipinski definition) is 0. The predicted molar refractivity (Wildman–Crippen MR) is 80.5 cm³/mol. The summed E-state index contributed by atoms with van der Waals surface area (Å²) in [5, 5.41) is 0. The second-order valence-corrected chi connectivity index (χ2v) is 5.69. The SMILES string of the molecule is O=C1OCC[C@@H]1N1Cc2ccccc2-c2ccccc2C1. The highest BCUT2D eigenvalue weighted by Gasteiger charge is 2.34. The fourth-order valence-corrected chi connectivity index (χ4v) is 3.37. The summed E-state index contributed by atoms with van der Waals surface area (Å²) in [6.07, 6.45) is 0.795. The Morgan fingerprint density at radius 1 is 0.905 bits per heavy atom. The normalized spacial score (nSPS) is 21.3. The molecular weight excluding hydrogens is 262 g/mol. The lowest BCUT2D eigenvalue weighted by atomic mass is 9.97. The quantitative estimate of drug-likeness (QED) is 0.752. The summed E-state index contributed by atoms with van der Waals surface area (Å²) >= 11 is 0. The molecule has 2 aliphatic heterocycles. The van der Waals surface area contributed by atoms with Crippen LogP contribution in [0.1, 0.15) is 17.5 Å². The number of esters is 1. The molecule has 2 aromatic carbocycles. The molecule has 0 unspecified atom stereocenters. The van der Waals surface area contributed by atoms with E-state index in [0.29, 0.717) is 6.61 Å². The Balaban J connectivity index is 1.81. The van der Waals surface area contributed by atoms with Crippen LogP contribution in [0.15, 0.2) is 48.5 Å². The van der Waals surface area contributed by atoms with Crippen LogP contribution >= 0.6 is 0 Å². The van der Waals surface area contributed by atoms with E-state index in [1.54, 1.807) is 0 Å². The molecule has 0 amide bonds. The molecule has 0 radical (unpaired) electrons. The minimum atomic E-state index is -0.107. The van der Waals surface area contributed by atoms with E-state index in [4.69, 9.17) is 4.74 Å². The molecule has 0 N–H and O–H groups in total. The summed E-state index contributed by atoms with van der Waals surface area (Å²) in [5.41, 5.74) is 5.12. The zero-order valence-electron chi connectivity index (χ0n) is 11.8. The molecule has 3 nitrogen and oxygen atoms in total. The van der Waals surface area contributed by atoms with Crippen LogP contribution in [-0.2, 0) is 22.6 Å². The summed E-state index contributed by atoms with van der Waals surface area (Å²) in [6.45, 7) is 2.14. The Morgan fingerprint density at radius 3 is 2.00 bits per heavy atom. The largest absolute Gasteiger partial charge is 0.464 e. The second-order valence-electron chi connectivity index (χ2n) is 5.69. The summed E-state index contributed by atoms with van der Waals surface area (Å²) in [6, 6.07) is 16.8. The van der Waals surface area contributed by atoms with E-state index in [1.807, 2.05) is 0 Å². The fourth-order valence-electron chi connectivity index (χ4n) is 3.37. The number of fused-ring (bicyclic) bond motifs is 3. The number of hydrogen-bond acceptors (Lipinski definition) is 3. The van der Waals surface area contributed by atoms with Crippen molar-refractivity contribution in [3.8, 4) is 11.1 Å². The van der Waals surface area contributed by atoms with Gasteiger partial charge in [0.05, 0.1) is 6.61 Å². The highest BCUT2D eigenvalue weighted by atomic mass is 16.5. The first-order valence-electron chi connectivity index (χ1n) is 7.40. The summed E-state index contributed by atoms with van der Waals surface area (Å²) in [7, 11) is 0. The van der Waals surface area contributed by atoms with Crippen molar-refractivity contribution in [1.29, 1.82) is 0 Å². The fraction of sp³-hybridized carbons (Fsp3) is 0.278. The van der Waals surface area contributed by atoms with Crippen molar-refractivity contribution in [2.24, 2.45) is 0 Å². The van der Waals surface area contributed by atoms with E-state index in [0.717, 1.165) is 19.5 Å². The molecule has 0 bridgehead atoms. The van der Waals surface area contributed by atoms with Gasteiger partial charge in [-0.25, -0.2) is 0 Å². The van der Waals surface area contributed by atoms with Crippen LogP contribution < -0.4 is 0 Å². The average Bonchev–Trinajstić information content (AvgIpc) is 2.86. The van der Waals surface area contributed by atoms with Crippen LogP contribution in [0.2, 0.25) is 0 Å². The number of cyclic esters (lactones) is 1. The standard InChI is InChI=1S/C18H17NO2/c20-18-17(9-10-21-18)19-11-13-5-1-3-7-15(13)16-8-4-2-6-14(16)12-19/h1-8,17H,9-12H2/t17-/m0/s1. The van der Waals surface area contributed by atoms with Gasteiger partial charge in [-0.05, 0) is 22.3 Å². The van der Waals surface area contributed by atoms with Crippen LogP contribution in [-0.4, -0.2) is 23.5 Å². The molecule has 0 aromatic heterocycles. The van der Waals surface area contributed by atoms with Gasteiger partial charge in [-0.1, -0.05) is 48.5 Å². The average molecular weight is 279 g/mol. The molecule has 1 atom stereocenters. The van der Waals surface area contributed by atoms with Gasteiger partial charge in [-0.2, -0.15) is 0 Å². The summed E-state index contributed by atoms with van der Waals surface area (Å²) in [5.74, 6) is -0.0770. The van der Waals surface area contributed by atoms with Gasteiger partial charge in [0.25, 0.3) is 0 Å². The highest BCUT2D eigenvalue weighted by molar-refractivity contribution is 5.78. The van der Waals surface area contributed by atoms with Gasteiger partial charge in [0.15, 0.2) is 0 Å². The van der Waals surface area contributed by atoms with Crippen molar-refractivity contribution >= 4 is 5.97 Å². The molecule has 0 saturated carbocycles. The maximum Gasteiger partial charge on any atom is 0.323 e. The highest BCUT2D eigenvalue weighted by Crippen LogP contribution is 2.34. The molecule has 2 heterocycles. The Morgan fingerprint density at radius 2 is 1.48 bits per heavy atom. The van der Waals surface area contributed by atoms with E-state index >= 15 is 0 Å². The van der Waals surface area contributed by atoms with Crippen molar-refractivity contribution in [3.05, 3.63) is 59.7 Å². The monoisotopic (exact) mass is 279 g/mol. The lowest BCUT2D eigenvalue weighted by Crippen LogP contribution is -2.37. The Labute approximate surface area is 124 Å². The maximum atomic E-state index is 11.9. The van der Waals surface area contributed by atoms with Gasteiger partial charge in [-0.3, -0.25) is 9.69 Å². The van der Waals surface area contributed by atoms with E-state index in [-0.39, 0.29) is 12.0 Å². The van der Waals surface area contributed by atoms with Gasteiger partial charge in [-0.15, -0.1) is 0 Å². The van der Waals surface area contributed by atoms with E-state index in [2.05, 4.69) is 53.4 Å². The zero-order chi connectivity index (χ0) is 14.2. The molecule has 4 rings (SSSR count). The Hall–Kier alpha value is -2.13. The first-order chi connectivity index (χ1) is 10.3. The predicted octanol–water partition coefficient (Wildman–Crippen LogP) is 2.98. The molecular formula is C18H17NO2. The van der Waals surface area contributed by atoms with Gasteiger partial charge in [0.2, 0.25) is 0 Å². The molecule has 1 saturated heterocycles. The molecule has 2 aliphatic rings. The molecule has 0 spiro atoms. The van der Waals surface area contributed by atoms with Crippen LogP contribution in [0.5, 0.6) is 0 Å². The number of rotatable bonds is 1. The molecule has 1 fully saturated rings. The van der Waals surface area contributed by atoms with Crippen molar-refractivity contribution in [2.45, 2.75) is 25.6 Å². The Kier molecular flexibility index (Phi) is 3.00. The van der Waals surface area contributed by atoms with Gasteiger partial charge < -0.3 is 4.74 Å². The molecule has 106 valence electrons. The van der Waals surface area contributed by atoms with E-state index in [1.165, 1.54) is 22.3 Å². The number of carbonyl (C=O) groups is 1. The van der Waals surface area contributed by atoms with Gasteiger partial charge in [0, 0.05) is 19.5 Å². The third-order valence-corrected chi connectivity index (χ3v) is 4.42. The van der Waals surface area contributed by atoms with Crippen LogP contribution in [0.3, 0.4) is 0 Å². The zero-order valence-corrected chi connectivity index (χ0v) is 11.8. The Bertz CT molecular complexity index is 648. The summed E-state index contributed by atoms with van der Waals surface area (Å²) < 4.78 is 5.15. The third-order valence-electron chi connectivity index (χ3n) is 4.42. The second kappa shape index (κ2) is 5.01. The topological polar surface area (TPSA) is 29.5 Å². The first-order valence-corrected chi connectivity index (χ1v) is 7.40. The number of nitrogens with zero attached hydrogens (tertiary/aromatic N) is 1. The van der Waals surface area contributed by atoms with Crippen molar-refractivity contribution in [2.75, 3.05) is 6.61 Å². The van der Waals surface area contributed by atoms with Crippen molar-refractivity contribution in [1.82, 2.24) is 4.90 Å². The first kappa shape index (κ1) is 12.6. The smallest absolute Gasteiger partial charge is 0.323 e. The van der Waals surface area contributed by atoms with Crippen molar-refractivity contribution in [3.63, 3.8) is 0 Å². The lowest BCUT2D eigenvalue weighted by Gasteiger charge is -2.24. The minimum absolute atomic E-state index is 0.0770. The molecule has 2 aromatic rings.